The highest BCUT2D eigenvalue weighted by Gasteiger charge is 2.35. The van der Waals surface area contributed by atoms with Crippen LogP contribution in [0.25, 0.3) is 0 Å². The van der Waals surface area contributed by atoms with Crippen molar-refractivity contribution in [2.24, 2.45) is 0 Å². The number of ketones is 1. The van der Waals surface area contributed by atoms with Gasteiger partial charge in [-0.25, -0.2) is 0 Å². The Morgan fingerprint density at radius 1 is 1.59 bits per heavy atom. The Morgan fingerprint density at radius 2 is 2.47 bits per heavy atom. The smallest absolute Gasteiger partial charge is 0.193 e. The summed E-state index contributed by atoms with van der Waals surface area (Å²) in [6.45, 7) is 4.65. The molecule has 0 spiro atoms. The first-order valence-corrected chi connectivity index (χ1v) is 7.07. The number of carbonyl (C=O) groups excluding carboxylic acids is 1. The van der Waals surface area contributed by atoms with Crippen molar-refractivity contribution >= 4 is 17.1 Å². The van der Waals surface area contributed by atoms with Crippen molar-refractivity contribution in [1.29, 1.82) is 0 Å². The first-order chi connectivity index (χ1) is 8.24. The molecule has 0 radical (unpaired) electrons. The first kappa shape index (κ1) is 11.4. The van der Waals surface area contributed by atoms with E-state index < -0.39 is 0 Å². The van der Waals surface area contributed by atoms with Crippen LogP contribution >= 0.6 is 11.3 Å². The monoisotopic (exact) mass is 251 g/mol. The average molecular weight is 251 g/mol. The summed E-state index contributed by atoms with van der Waals surface area (Å²) < 4.78 is 5.73. The molecule has 1 aromatic heterocycles. The number of ether oxygens (including phenoxy) is 1. The minimum Gasteiger partial charge on any atom is -0.367 e. The van der Waals surface area contributed by atoms with Gasteiger partial charge in [-0.05, 0) is 32.4 Å². The van der Waals surface area contributed by atoms with Crippen molar-refractivity contribution in [3.63, 3.8) is 0 Å². The number of morpholine rings is 1. The van der Waals surface area contributed by atoms with Gasteiger partial charge in [0.1, 0.15) is 6.10 Å². The zero-order valence-electron chi connectivity index (χ0n) is 10.0. The zero-order valence-corrected chi connectivity index (χ0v) is 10.8. The third kappa shape index (κ3) is 2.17. The fourth-order valence-electron chi connectivity index (χ4n) is 2.73. The van der Waals surface area contributed by atoms with Crippen molar-refractivity contribution < 1.29 is 9.53 Å². The highest BCUT2D eigenvalue weighted by atomic mass is 32.1. The van der Waals surface area contributed by atoms with Gasteiger partial charge in [0.15, 0.2) is 5.78 Å². The van der Waals surface area contributed by atoms with Gasteiger partial charge < -0.3 is 4.74 Å². The molecule has 2 aliphatic heterocycles. The third-order valence-corrected chi connectivity index (χ3v) is 4.56. The Balaban J connectivity index is 1.70. The number of fused-ring (bicyclic) bond motifs is 1. The summed E-state index contributed by atoms with van der Waals surface area (Å²) in [5.41, 5.74) is 0.815. The van der Waals surface area contributed by atoms with Crippen molar-refractivity contribution in [2.75, 3.05) is 19.7 Å². The molecule has 4 heteroatoms. The van der Waals surface area contributed by atoms with E-state index in [-0.39, 0.29) is 11.9 Å². The summed E-state index contributed by atoms with van der Waals surface area (Å²) in [5, 5.41) is 1.94. The van der Waals surface area contributed by atoms with Gasteiger partial charge in [-0.15, -0.1) is 11.3 Å². The number of thiophene rings is 1. The molecule has 3 heterocycles. The Hall–Kier alpha value is -0.710. The number of Topliss-reactive ketones (excluding diaryl/α,β-unsaturated/α-hetero) is 1. The van der Waals surface area contributed by atoms with E-state index in [1.807, 2.05) is 18.4 Å². The van der Waals surface area contributed by atoms with E-state index in [1.54, 1.807) is 11.3 Å². The number of aryl methyl sites for hydroxylation is 1. The molecule has 17 heavy (non-hydrogen) atoms. The lowest BCUT2D eigenvalue weighted by molar-refractivity contribution is -0.0344. The van der Waals surface area contributed by atoms with Crippen LogP contribution in [0.3, 0.4) is 0 Å². The Morgan fingerprint density at radius 3 is 3.24 bits per heavy atom. The van der Waals surface area contributed by atoms with E-state index >= 15 is 0 Å². The zero-order chi connectivity index (χ0) is 11.8. The van der Waals surface area contributed by atoms with Gasteiger partial charge in [-0.3, -0.25) is 9.69 Å². The van der Waals surface area contributed by atoms with E-state index in [4.69, 9.17) is 4.74 Å². The molecule has 2 atom stereocenters. The van der Waals surface area contributed by atoms with E-state index in [2.05, 4.69) is 4.90 Å². The highest BCUT2D eigenvalue weighted by molar-refractivity contribution is 7.10. The molecule has 0 N–H and O–H groups in total. The molecule has 3 nitrogen and oxygen atoms in total. The fraction of sp³-hybridized carbons (Fsp3) is 0.615. The maximum atomic E-state index is 12.3. The van der Waals surface area contributed by atoms with Crippen molar-refractivity contribution in [2.45, 2.75) is 31.9 Å². The second-order valence-electron chi connectivity index (χ2n) is 4.92. The van der Waals surface area contributed by atoms with Crippen molar-refractivity contribution in [1.82, 2.24) is 4.90 Å². The number of carbonyl (C=O) groups is 1. The van der Waals surface area contributed by atoms with Gasteiger partial charge in [0.2, 0.25) is 0 Å². The fourth-order valence-corrected chi connectivity index (χ4v) is 3.43. The van der Waals surface area contributed by atoms with Crippen LogP contribution in [0.2, 0.25) is 0 Å². The van der Waals surface area contributed by atoms with Gasteiger partial charge >= 0.3 is 0 Å². The van der Waals surface area contributed by atoms with Crippen LogP contribution < -0.4 is 0 Å². The summed E-state index contributed by atoms with van der Waals surface area (Å²) in [6, 6.07) is 2.52. The normalized spacial score (nSPS) is 29.2. The Kier molecular flexibility index (Phi) is 3.03. The van der Waals surface area contributed by atoms with Gasteiger partial charge in [0, 0.05) is 28.4 Å². The van der Waals surface area contributed by atoms with E-state index in [0.29, 0.717) is 6.04 Å². The minimum atomic E-state index is -0.252. The third-order valence-electron chi connectivity index (χ3n) is 3.70. The molecule has 3 rings (SSSR count). The van der Waals surface area contributed by atoms with E-state index in [9.17, 15) is 4.79 Å². The molecule has 1 aromatic rings. The summed E-state index contributed by atoms with van der Waals surface area (Å²) in [4.78, 5) is 15.8. The molecular weight excluding hydrogens is 234 g/mol. The van der Waals surface area contributed by atoms with Crippen LogP contribution in [0.1, 0.15) is 28.1 Å². The molecule has 2 unspecified atom stereocenters. The molecule has 0 aromatic carbocycles. The van der Waals surface area contributed by atoms with Gasteiger partial charge in [-0.1, -0.05) is 0 Å². The second kappa shape index (κ2) is 4.52. The van der Waals surface area contributed by atoms with Gasteiger partial charge in [0.25, 0.3) is 0 Å². The lowest BCUT2D eigenvalue weighted by atomic mass is 10.1. The number of nitrogens with zero attached hydrogens (tertiary/aromatic N) is 1. The average Bonchev–Trinajstić information content (AvgIpc) is 2.95. The van der Waals surface area contributed by atoms with Crippen LogP contribution in [0.4, 0.5) is 0 Å². The van der Waals surface area contributed by atoms with Crippen LogP contribution in [-0.4, -0.2) is 42.5 Å². The highest BCUT2D eigenvalue weighted by Crippen LogP contribution is 2.25. The van der Waals surface area contributed by atoms with Gasteiger partial charge in [0.05, 0.1) is 6.61 Å². The number of rotatable bonds is 2. The maximum Gasteiger partial charge on any atom is 0.193 e. The molecule has 0 saturated carbocycles. The standard InChI is InChI=1S/C13H17NO2S/c1-9-5-10(8-17-9)13(15)12-6-14-4-2-3-11(14)7-16-12/h5,8,11-12H,2-4,6-7H2,1H3. The maximum absolute atomic E-state index is 12.3. The lowest BCUT2D eigenvalue weighted by Gasteiger charge is -2.34. The predicted octanol–water partition coefficient (Wildman–Crippen LogP) is 2.10. The SMILES string of the molecule is Cc1cc(C(=O)C2CN3CCCC3CO2)cs1. The molecule has 0 aliphatic carbocycles. The number of hydrogen-bond acceptors (Lipinski definition) is 4. The molecule has 2 aliphatic rings. The van der Waals surface area contributed by atoms with Crippen LogP contribution in [0.15, 0.2) is 11.4 Å². The van der Waals surface area contributed by atoms with Crippen LogP contribution in [-0.2, 0) is 4.74 Å². The first-order valence-electron chi connectivity index (χ1n) is 6.19. The van der Waals surface area contributed by atoms with E-state index in [0.717, 1.165) is 25.3 Å². The summed E-state index contributed by atoms with van der Waals surface area (Å²) in [6.07, 6.45) is 2.21. The Labute approximate surface area is 105 Å². The molecular formula is C13H17NO2S. The van der Waals surface area contributed by atoms with Crippen LogP contribution in [0.5, 0.6) is 0 Å². The largest absolute Gasteiger partial charge is 0.367 e. The van der Waals surface area contributed by atoms with Gasteiger partial charge in [-0.2, -0.15) is 0 Å². The minimum absolute atomic E-state index is 0.153. The lowest BCUT2D eigenvalue weighted by Crippen LogP contribution is -2.49. The molecule has 2 saturated heterocycles. The summed E-state index contributed by atoms with van der Waals surface area (Å²) in [5.74, 6) is 0.153. The molecule has 2 fully saturated rings. The predicted molar refractivity (Wildman–Crippen MR) is 67.7 cm³/mol. The molecule has 0 bridgehead atoms. The summed E-state index contributed by atoms with van der Waals surface area (Å²) in [7, 11) is 0. The number of hydrogen-bond donors (Lipinski definition) is 0. The Bertz CT molecular complexity index is 429. The summed E-state index contributed by atoms with van der Waals surface area (Å²) >= 11 is 1.63. The molecule has 0 amide bonds. The van der Waals surface area contributed by atoms with Crippen LogP contribution in [0, 0.1) is 6.92 Å². The van der Waals surface area contributed by atoms with Crippen molar-refractivity contribution in [3.05, 3.63) is 21.9 Å². The topological polar surface area (TPSA) is 29.5 Å². The second-order valence-corrected chi connectivity index (χ2v) is 6.04. The van der Waals surface area contributed by atoms with Crippen molar-refractivity contribution in [3.8, 4) is 0 Å². The van der Waals surface area contributed by atoms with E-state index in [1.165, 1.54) is 17.7 Å². The molecule has 92 valence electrons. The quantitative estimate of drug-likeness (QED) is 0.754.